The molecular formula is C8H6F3NO4S. The average molecular weight is 269 g/mol. The molecule has 1 rings (SSSR count). The summed E-state index contributed by atoms with van der Waals surface area (Å²) in [5.74, 6) is 0. The van der Waals surface area contributed by atoms with E-state index in [1.807, 2.05) is 0 Å². The predicted molar refractivity (Wildman–Crippen MR) is 51.5 cm³/mol. The lowest BCUT2D eigenvalue weighted by Crippen LogP contribution is -2.07. The summed E-state index contributed by atoms with van der Waals surface area (Å²) in [7, 11) is 1.03. The van der Waals surface area contributed by atoms with Crippen molar-refractivity contribution in [3.05, 3.63) is 33.9 Å². The maximum absolute atomic E-state index is 12.3. The first-order valence-electron chi connectivity index (χ1n) is 4.09. The topological polar surface area (TPSA) is 69.4 Å². The smallest absolute Gasteiger partial charge is 0.290 e. The summed E-state index contributed by atoms with van der Waals surface area (Å²) in [6, 6.07) is 1.70. The van der Waals surface area contributed by atoms with Crippen molar-refractivity contribution in [2.45, 2.75) is 11.1 Å². The molecule has 0 aliphatic rings. The molecule has 17 heavy (non-hydrogen) atoms. The van der Waals surface area contributed by atoms with Crippen LogP contribution in [0.3, 0.4) is 0 Å². The molecule has 1 unspecified atom stereocenters. The van der Waals surface area contributed by atoms with E-state index in [0.717, 1.165) is 13.2 Å². The lowest BCUT2D eigenvalue weighted by atomic mass is 10.2. The van der Waals surface area contributed by atoms with Gasteiger partial charge in [-0.1, -0.05) is 0 Å². The van der Waals surface area contributed by atoms with Gasteiger partial charge in [-0.05, 0) is 12.1 Å². The van der Waals surface area contributed by atoms with Gasteiger partial charge in [0.25, 0.3) is 5.69 Å². The molecular weight excluding hydrogens is 263 g/mol. The molecule has 0 aliphatic heterocycles. The molecule has 1 aromatic carbocycles. The fourth-order valence-corrected chi connectivity index (χ4v) is 1.73. The summed E-state index contributed by atoms with van der Waals surface area (Å²) >= 11 is -2.17. The van der Waals surface area contributed by atoms with Gasteiger partial charge in [0.05, 0.1) is 17.6 Å². The number of nitro groups is 1. The molecule has 0 heterocycles. The second-order valence-corrected chi connectivity index (χ2v) is 4.08. The Morgan fingerprint density at radius 1 is 1.41 bits per heavy atom. The van der Waals surface area contributed by atoms with Crippen LogP contribution in [0.2, 0.25) is 0 Å². The average Bonchev–Trinajstić information content (AvgIpc) is 2.25. The fourth-order valence-electron chi connectivity index (χ4n) is 1.07. The van der Waals surface area contributed by atoms with Crippen LogP contribution in [-0.2, 0) is 21.4 Å². The molecule has 1 atom stereocenters. The highest BCUT2D eigenvalue weighted by atomic mass is 32.2. The van der Waals surface area contributed by atoms with Crippen LogP contribution in [0.4, 0.5) is 18.9 Å². The summed E-state index contributed by atoms with van der Waals surface area (Å²) in [4.78, 5) is 9.12. The van der Waals surface area contributed by atoms with Crippen LogP contribution < -0.4 is 0 Å². The lowest BCUT2D eigenvalue weighted by Gasteiger charge is -2.07. The van der Waals surface area contributed by atoms with Gasteiger partial charge >= 0.3 is 6.18 Å². The highest BCUT2D eigenvalue weighted by molar-refractivity contribution is 7.80. The molecule has 0 saturated heterocycles. The number of benzene rings is 1. The first kappa shape index (κ1) is 13.6. The van der Waals surface area contributed by atoms with Crippen LogP contribution in [0.5, 0.6) is 0 Å². The van der Waals surface area contributed by atoms with Crippen LogP contribution in [0.15, 0.2) is 23.1 Å². The Balaban J connectivity index is 3.37. The number of hydrogen-bond acceptors (Lipinski definition) is 4. The third-order valence-electron chi connectivity index (χ3n) is 1.81. The minimum atomic E-state index is -4.70. The summed E-state index contributed by atoms with van der Waals surface area (Å²) in [5.41, 5.74) is -2.07. The van der Waals surface area contributed by atoms with Gasteiger partial charge in [-0.2, -0.15) is 13.2 Å². The SMILES string of the molecule is COS(=O)c1ccc(C(F)(F)F)cc1[N+](=O)[O-]. The first-order valence-corrected chi connectivity index (χ1v) is 5.16. The molecule has 9 heteroatoms. The van der Waals surface area contributed by atoms with Gasteiger partial charge in [0.1, 0.15) is 4.90 Å². The molecule has 5 nitrogen and oxygen atoms in total. The molecule has 94 valence electrons. The molecule has 0 spiro atoms. The number of nitrogens with zero attached hydrogens (tertiary/aromatic N) is 1. The van der Waals surface area contributed by atoms with E-state index in [2.05, 4.69) is 4.18 Å². The minimum Gasteiger partial charge on any atom is -0.290 e. The van der Waals surface area contributed by atoms with Crippen molar-refractivity contribution in [3.8, 4) is 0 Å². The summed E-state index contributed by atoms with van der Waals surface area (Å²) in [6.45, 7) is 0. The first-order chi connectivity index (χ1) is 7.77. The number of halogens is 3. The molecule has 0 fully saturated rings. The van der Waals surface area contributed by atoms with E-state index in [1.54, 1.807) is 0 Å². The van der Waals surface area contributed by atoms with E-state index in [-0.39, 0.29) is 0 Å². The van der Waals surface area contributed by atoms with Crippen LogP contribution in [0.1, 0.15) is 5.56 Å². The maximum atomic E-state index is 12.3. The second kappa shape index (κ2) is 4.80. The van der Waals surface area contributed by atoms with Crippen molar-refractivity contribution >= 4 is 16.8 Å². The zero-order valence-electron chi connectivity index (χ0n) is 8.35. The predicted octanol–water partition coefficient (Wildman–Crippen LogP) is 2.28. The van der Waals surface area contributed by atoms with Gasteiger partial charge in [0.2, 0.25) is 0 Å². The summed E-state index contributed by atoms with van der Waals surface area (Å²) in [5, 5.41) is 10.6. The highest BCUT2D eigenvalue weighted by Crippen LogP contribution is 2.34. The Labute approximate surface area is 96.0 Å². The zero-order valence-corrected chi connectivity index (χ0v) is 9.17. The lowest BCUT2D eigenvalue weighted by molar-refractivity contribution is -0.388. The van der Waals surface area contributed by atoms with E-state index in [4.69, 9.17) is 0 Å². The van der Waals surface area contributed by atoms with Gasteiger partial charge in [0, 0.05) is 6.07 Å². The number of rotatable bonds is 3. The van der Waals surface area contributed by atoms with Crippen LogP contribution in [0.25, 0.3) is 0 Å². The zero-order chi connectivity index (χ0) is 13.2. The van der Waals surface area contributed by atoms with Crippen molar-refractivity contribution < 1.29 is 26.5 Å². The highest BCUT2D eigenvalue weighted by Gasteiger charge is 2.33. The summed E-state index contributed by atoms with van der Waals surface area (Å²) in [6.07, 6.45) is -4.70. The van der Waals surface area contributed by atoms with Crippen LogP contribution in [0, 0.1) is 10.1 Å². The molecule has 0 saturated carbocycles. The van der Waals surface area contributed by atoms with Crippen molar-refractivity contribution in [3.63, 3.8) is 0 Å². The van der Waals surface area contributed by atoms with Crippen LogP contribution >= 0.6 is 0 Å². The Morgan fingerprint density at radius 2 is 2.00 bits per heavy atom. The minimum absolute atomic E-state index is 0.326. The van der Waals surface area contributed by atoms with E-state index in [1.165, 1.54) is 0 Å². The quantitative estimate of drug-likeness (QED) is 0.623. The van der Waals surface area contributed by atoms with Crippen molar-refractivity contribution in [1.82, 2.24) is 0 Å². The van der Waals surface area contributed by atoms with E-state index >= 15 is 0 Å². The van der Waals surface area contributed by atoms with Gasteiger partial charge in [-0.3, -0.25) is 14.3 Å². The fraction of sp³-hybridized carbons (Fsp3) is 0.250. The van der Waals surface area contributed by atoms with Gasteiger partial charge in [-0.15, -0.1) is 0 Å². The largest absolute Gasteiger partial charge is 0.416 e. The Morgan fingerprint density at radius 3 is 2.41 bits per heavy atom. The van der Waals surface area contributed by atoms with E-state index in [9.17, 15) is 27.5 Å². The molecule has 0 radical (unpaired) electrons. The molecule has 0 aromatic heterocycles. The monoisotopic (exact) mass is 269 g/mol. The molecule has 0 bridgehead atoms. The third-order valence-corrected chi connectivity index (χ3v) is 2.82. The Kier molecular flexibility index (Phi) is 3.83. The molecule has 0 aliphatic carbocycles. The molecule has 1 aromatic rings. The number of hydrogen-bond donors (Lipinski definition) is 0. The maximum Gasteiger partial charge on any atom is 0.416 e. The summed E-state index contributed by atoms with van der Waals surface area (Å²) < 4.78 is 52.5. The van der Waals surface area contributed by atoms with E-state index in [0.29, 0.717) is 12.1 Å². The Bertz CT molecular complexity index is 474. The van der Waals surface area contributed by atoms with Gasteiger partial charge in [-0.25, -0.2) is 4.21 Å². The van der Waals surface area contributed by atoms with Crippen molar-refractivity contribution in [2.24, 2.45) is 0 Å². The van der Waals surface area contributed by atoms with Crippen LogP contribution in [-0.4, -0.2) is 16.2 Å². The number of alkyl halides is 3. The third kappa shape index (κ3) is 3.01. The molecule has 0 amide bonds. The number of nitro benzene ring substituents is 1. The van der Waals surface area contributed by atoms with Gasteiger partial charge < -0.3 is 0 Å². The standard InChI is InChI=1S/C8H6F3NO4S/c1-16-17(15)7-3-2-5(8(9,10)11)4-6(7)12(13)14/h2-4H,1H3. The molecule has 0 N–H and O–H groups in total. The Hall–Kier alpha value is -1.48. The normalized spacial score (nSPS) is 13.4. The van der Waals surface area contributed by atoms with E-state index < -0.39 is 38.3 Å². The van der Waals surface area contributed by atoms with Crippen molar-refractivity contribution in [1.29, 1.82) is 0 Å². The van der Waals surface area contributed by atoms with Gasteiger partial charge in [0.15, 0.2) is 11.1 Å². The second-order valence-electron chi connectivity index (χ2n) is 2.84. The van der Waals surface area contributed by atoms with Crippen molar-refractivity contribution in [2.75, 3.05) is 7.11 Å².